The average molecular weight is 585 g/mol. The van der Waals surface area contributed by atoms with Crippen LogP contribution in [0.4, 0.5) is 5.82 Å². The number of nitriles is 1. The fraction of sp³-hybridized carbons (Fsp3) is 0.481. The summed E-state index contributed by atoms with van der Waals surface area (Å²) in [6.07, 6.45) is 3.26. The number of hydrogen-bond acceptors (Lipinski definition) is 11. The molecule has 0 amide bonds. The van der Waals surface area contributed by atoms with Crippen LogP contribution < -0.4 is 15.3 Å². The molecule has 13 nitrogen and oxygen atoms in total. The second-order valence-electron chi connectivity index (χ2n) is 10.2. The van der Waals surface area contributed by atoms with E-state index < -0.39 is 31.5 Å². The first-order valence-corrected chi connectivity index (χ1v) is 15.0. The number of carbonyl (C=O) groups excluding carboxylic acids is 1. The molecule has 1 aromatic carbocycles. The Morgan fingerprint density at radius 2 is 2.05 bits per heavy atom. The molecule has 218 valence electrons. The van der Waals surface area contributed by atoms with Crippen molar-refractivity contribution in [2.45, 2.75) is 50.4 Å². The quantitative estimate of drug-likeness (QED) is 0.248. The number of benzene rings is 1. The normalized spacial score (nSPS) is 23.5. The lowest BCUT2D eigenvalue weighted by Crippen LogP contribution is -2.38. The van der Waals surface area contributed by atoms with Crippen LogP contribution in [0, 0.1) is 17.2 Å². The molecule has 2 saturated heterocycles. The minimum Gasteiger partial charge on any atom is -0.464 e. The first-order valence-electron chi connectivity index (χ1n) is 13.5. The molecule has 0 spiro atoms. The fourth-order valence-corrected chi connectivity index (χ4v) is 6.36. The summed E-state index contributed by atoms with van der Waals surface area (Å²) in [6, 6.07) is 13.2. The Labute approximate surface area is 237 Å². The van der Waals surface area contributed by atoms with Gasteiger partial charge in [0.05, 0.1) is 12.3 Å². The van der Waals surface area contributed by atoms with Gasteiger partial charge in [0.15, 0.2) is 11.4 Å². The molecule has 41 heavy (non-hydrogen) atoms. The molecule has 1 unspecified atom stereocenters. The van der Waals surface area contributed by atoms with Crippen molar-refractivity contribution < 1.29 is 32.6 Å². The van der Waals surface area contributed by atoms with Crippen LogP contribution in [0.15, 0.2) is 48.8 Å². The summed E-state index contributed by atoms with van der Waals surface area (Å²) in [6.45, 7) is 2.66. The highest BCUT2D eigenvalue weighted by molar-refractivity contribution is 7.52. The molecule has 0 saturated carbocycles. The molecule has 4 heterocycles. The first kappa shape index (κ1) is 29.0. The minimum atomic E-state index is -4.19. The van der Waals surface area contributed by atoms with Crippen molar-refractivity contribution in [3.05, 3.63) is 54.5 Å². The molecular weight excluding hydrogens is 551 g/mol. The lowest BCUT2D eigenvalue weighted by molar-refractivity contribution is -0.147. The molecule has 0 bridgehead atoms. The average Bonchev–Trinajstić information content (AvgIpc) is 3.62. The van der Waals surface area contributed by atoms with Crippen molar-refractivity contribution in [2.75, 3.05) is 32.2 Å². The largest absolute Gasteiger partial charge is 0.464 e. The third-order valence-corrected chi connectivity index (χ3v) is 8.79. The van der Waals surface area contributed by atoms with Crippen LogP contribution in [-0.2, 0) is 28.1 Å². The van der Waals surface area contributed by atoms with E-state index in [9.17, 15) is 14.6 Å². The number of aromatic nitrogens is 3. The summed E-state index contributed by atoms with van der Waals surface area (Å²) in [5.74, 6) is 0.210. The molecule has 3 aromatic rings. The van der Waals surface area contributed by atoms with E-state index in [-0.39, 0.29) is 24.9 Å². The molecule has 2 aromatic heterocycles. The molecule has 0 aliphatic carbocycles. The van der Waals surface area contributed by atoms with E-state index in [0.29, 0.717) is 43.1 Å². The summed E-state index contributed by atoms with van der Waals surface area (Å²) in [5, 5.41) is 17.0. The number of nitrogens with zero attached hydrogens (tertiary/aromatic N) is 4. The third-order valence-electron chi connectivity index (χ3n) is 7.17. The Kier molecular flexibility index (Phi) is 8.87. The van der Waals surface area contributed by atoms with Gasteiger partial charge in [-0.05, 0) is 62.8 Å². The van der Waals surface area contributed by atoms with Crippen LogP contribution in [0.2, 0.25) is 0 Å². The number of carbonyl (C=O) groups is 1. The van der Waals surface area contributed by atoms with Gasteiger partial charge in [0.1, 0.15) is 42.4 Å². The van der Waals surface area contributed by atoms with E-state index in [1.807, 2.05) is 6.07 Å². The standard InChI is InChI=1S/C27H33N6O7P/c1-19(26(34)37-15-20-10-13-36-14-11-20)32-41(35,40-21-5-3-2-4-6-21)38-17-27(16-28)12-9-24(39-27)22-7-8-23-25(29)30-18-31-33(22)23/h2-8,18-20,24H,9-15,17H2,1H3,(H,32,35)(H2,29,30,31)/t19-,24+,27+,41?/m0/s1. The number of rotatable bonds is 11. The van der Waals surface area contributed by atoms with Crippen molar-refractivity contribution >= 4 is 25.1 Å². The Balaban J connectivity index is 1.27. The number of hydrogen-bond donors (Lipinski definition) is 2. The fourth-order valence-electron chi connectivity index (χ4n) is 4.83. The predicted octanol–water partition coefficient (Wildman–Crippen LogP) is 3.58. The van der Waals surface area contributed by atoms with E-state index in [0.717, 1.165) is 12.8 Å². The Morgan fingerprint density at radius 3 is 2.80 bits per heavy atom. The number of nitrogens with one attached hydrogen (secondary N) is 1. The maximum Gasteiger partial charge on any atom is 0.459 e. The van der Waals surface area contributed by atoms with Crippen LogP contribution in [0.25, 0.3) is 5.52 Å². The van der Waals surface area contributed by atoms with Crippen LogP contribution in [0.5, 0.6) is 5.75 Å². The first-order chi connectivity index (χ1) is 19.8. The number of anilines is 1. The highest BCUT2D eigenvalue weighted by Gasteiger charge is 2.45. The van der Waals surface area contributed by atoms with Gasteiger partial charge in [-0.3, -0.25) is 9.32 Å². The highest BCUT2D eigenvalue weighted by atomic mass is 31.2. The van der Waals surface area contributed by atoms with Crippen molar-refractivity contribution in [1.82, 2.24) is 19.7 Å². The van der Waals surface area contributed by atoms with Gasteiger partial charge in [-0.15, -0.1) is 0 Å². The summed E-state index contributed by atoms with van der Waals surface area (Å²) >= 11 is 0. The number of fused-ring (bicyclic) bond motifs is 1. The number of ether oxygens (including phenoxy) is 3. The molecular formula is C27H33N6O7P. The van der Waals surface area contributed by atoms with Crippen LogP contribution in [-0.4, -0.2) is 58.6 Å². The van der Waals surface area contributed by atoms with E-state index in [2.05, 4.69) is 21.2 Å². The second kappa shape index (κ2) is 12.5. The predicted molar refractivity (Wildman–Crippen MR) is 147 cm³/mol. The van der Waals surface area contributed by atoms with Crippen molar-refractivity contribution in [3.8, 4) is 11.8 Å². The molecule has 14 heteroatoms. The Morgan fingerprint density at radius 1 is 1.27 bits per heavy atom. The maximum absolute atomic E-state index is 14.0. The van der Waals surface area contributed by atoms with Crippen LogP contribution >= 0.6 is 7.75 Å². The minimum absolute atomic E-state index is 0.215. The topological polar surface area (TPSA) is 172 Å². The number of para-hydroxylation sites is 1. The molecule has 5 rings (SSSR count). The van der Waals surface area contributed by atoms with Gasteiger partial charge in [0, 0.05) is 13.2 Å². The zero-order valence-electron chi connectivity index (χ0n) is 22.7. The number of esters is 1. The molecule has 4 atom stereocenters. The van der Waals surface area contributed by atoms with Gasteiger partial charge in [-0.25, -0.2) is 14.1 Å². The number of nitrogen functional groups attached to an aromatic ring is 1. The lowest BCUT2D eigenvalue weighted by atomic mass is 10.0. The lowest BCUT2D eigenvalue weighted by Gasteiger charge is -2.27. The van der Waals surface area contributed by atoms with Crippen LogP contribution in [0.1, 0.15) is 44.4 Å². The maximum atomic E-state index is 14.0. The highest BCUT2D eigenvalue weighted by Crippen LogP contribution is 2.48. The van der Waals surface area contributed by atoms with Gasteiger partial charge in [-0.2, -0.15) is 15.4 Å². The smallest absolute Gasteiger partial charge is 0.459 e. The van der Waals surface area contributed by atoms with Crippen molar-refractivity contribution in [1.29, 1.82) is 5.26 Å². The van der Waals surface area contributed by atoms with Crippen molar-refractivity contribution in [3.63, 3.8) is 0 Å². The summed E-state index contributed by atoms with van der Waals surface area (Å²) < 4.78 is 44.1. The molecule has 3 N–H and O–H groups in total. The van der Waals surface area contributed by atoms with Crippen molar-refractivity contribution in [2.24, 2.45) is 5.92 Å². The molecule has 2 fully saturated rings. The second-order valence-corrected chi connectivity index (χ2v) is 11.9. The molecule has 0 radical (unpaired) electrons. The van der Waals surface area contributed by atoms with E-state index in [1.165, 1.54) is 13.3 Å². The number of nitrogens with two attached hydrogens (primary N) is 1. The van der Waals surface area contributed by atoms with Gasteiger partial charge in [0.2, 0.25) is 0 Å². The monoisotopic (exact) mass is 584 g/mol. The van der Waals surface area contributed by atoms with E-state index in [4.69, 9.17) is 29.0 Å². The van der Waals surface area contributed by atoms with Gasteiger partial charge in [0.25, 0.3) is 0 Å². The zero-order chi connectivity index (χ0) is 28.9. The van der Waals surface area contributed by atoms with Gasteiger partial charge in [-0.1, -0.05) is 18.2 Å². The van der Waals surface area contributed by atoms with Gasteiger partial charge >= 0.3 is 13.7 Å². The van der Waals surface area contributed by atoms with Crippen LogP contribution in [0.3, 0.4) is 0 Å². The summed E-state index contributed by atoms with van der Waals surface area (Å²) in [7, 11) is -4.19. The Bertz CT molecular complexity index is 1440. The van der Waals surface area contributed by atoms with E-state index in [1.54, 1.807) is 40.9 Å². The van der Waals surface area contributed by atoms with E-state index >= 15 is 0 Å². The summed E-state index contributed by atoms with van der Waals surface area (Å²) in [5.41, 5.74) is 5.86. The van der Waals surface area contributed by atoms with Gasteiger partial charge < -0.3 is 24.5 Å². The zero-order valence-corrected chi connectivity index (χ0v) is 23.6. The summed E-state index contributed by atoms with van der Waals surface area (Å²) in [4.78, 5) is 16.8. The Hall–Kier alpha value is -3.53. The molecule has 2 aliphatic heterocycles. The molecule has 2 aliphatic rings. The third kappa shape index (κ3) is 6.86. The SMILES string of the molecule is C[C@H](NP(=O)(OC[C@]1(C#N)CC[C@H](c2ccc3c(N)ncnn23)O1)Oc1ccccc1)C(=O)OCC1CCOCC1.